The summed E-state index contributed by atoms with van der Waals surface area (Å²) in [6.07, 6.45) is 0. The summed E-state index contributed by atoms with van der Waals surface area (Å²) in [7, 11) is 0. The quantitative estimate of drug-likeness (QED) is 0.453. The highest BCUT2D eigenvalue weighted by Gasteiger charge is 2.15. The van der Waals surface area contributed by atoms with Crippen molar-refractivity contribution < 1.29 is 9.72 Å². The van der Waals surface area contributed by atoms with Crippen LogP contribution in [0.3, 0.4) is 0 Å². The van der Waals surface area contributed by atoms with Crippen molar-refractivity contribution in [3.05, 3.63) is 74.3 Å². The number of amides is 1. The van der Waals surface area contributed by atoms with Crippen LogP contribution < -0.4 is 5.32 Å². The Kier molecular flexibility index (Phi) is 6.63. The predicted octanol–water partition coefficient (Wildman–Crippen LogP) is 4.22. The van der Waals surface area contributed by atoms with Gasteiger partial charge in [0.05, 0.1) is 15.5 Å². The molecule has 0 spiro atoms. The molecule has 5 nitrogen and oxygen atoms in total. The molecule has 0 aromatic heterocycles. The van der Waals surface area contributed by atoms with Crippen molar-refractivity contribution >= 4 is 35.0 Å². The highest BCUT2D eigenvalue weighted by molar-refractivity contribution is 7.98. The summed E-state index contributed by atoms with van der Waals surface area (Å²) in [5, 5.41) is 13.7. The predicted molar refractivity (Wildman–Crippen MR) is 97.8 cm³/mol. The molecule has 126 valence electrons. The Morgan fingerprint density at radius 1 is 1.29 bits per heavy atom. The molecule has 0 atom stereocenters. The summed E-state index contributed by atoms with van der Waals surface area (Å²) in [4.78, 5) is 22.3. The van der Waals surface area contributed by atoms with Crippen molar-refractivity contribution in [1.82, 2.24) is 5.32 Å². The van der Waals surface area contributed by atoms with Gasteiger partial charge >= 0.3 is 0 Å². The fourth-order valence-electron chi connectivity index (χ4n) is 2.12. The van der Waals surface area contributed by atoms with E-state index in [1.165, 1.54) is 29.3 Å². The lowest BCUT2D eigenvalue weighted by Crippen LogP contribution is -2.26. The lowest BCUT2D eigenvalue weighted by atomic mass is 10.2. The molecule has 0 aliphatic heterocycles. The van der Waals surface area contributed by atoms with Crippen molar-refractivity contribution in [2.75, 3.05) is 12.3 Å². The first-order valence-electron chi connectivity index (χ1n) is 7.33. The zero-order valence-corrected chi connectivity index (χ0v) is 14.7. The third-order valence-electron chi connectivity index (χ3n) is 3.29. The van der Waals surface area contributed by atoms with Crippen LogP contribution in [0.5, 0.6) is 0 Å². The number of hydrogen-bond acceptors (Lipinski definition) is 4. The first kappa shape index (κ1) is 18.3. The molecule has 2 aromatic rings. The van der Waals surface area contributed by atoms with Crippen molar-refractivity contribution in [1.29, 1.82) is 0 Å². The van der Waals surface area contributed by atoms with E-state index >= 15 is 0 Å². The molecule has 0 bridgehead atoms. The van der Waals surface area contributed by atoms with Gasteiger partial charge < -0.3 is 5.32 Å². The fraction of sp³-hybridized carbons (Fsp3) is 0.235. The van der Waals surface area contributed by atoms with E-state index in [1.54, 1.807) is 11.8 Å². The third kappa shape index (κ3) is 5.25. The van der Waals surface area contributed by atoms with Gasteiger partial charge in [0.15, 0.2) is 0 Å². The summed E-state index contributed by atoms with van der Waals surface area (Å²) in [5.41, 5.74) is 2.43. The standard InChI is InChI=1S/C17H17ClN2O3S/c1-12-3-2-4-13(9-12)11-24-8-7-19-17(21)15-10-14(20(22)23)5-6-16(15)18/h2-6,9-10H,7-8,11H2,1H3,(H,19,21). The number of nitrogens with one attached hydrogen (secondary N) is 1. The van der Waals surface area contributed by atoms with Gasteiger partial charge in [0, 0.05) is 30.2 Å². The van der Waals surface area contributed by atoms with Gasteiger partial charge in [0.1, 0.15) is 0 Å². The molecule has 7 heteroatoms. The molecule has 1 N–H and O–H groups in total. The Balaban J connectivity index is 1.81. The van der Waals surface area contributed by atoms with Crippen LogP contribution in [0.15, 0.2) is 42.5 Å². The van der Waals surface area contributed by atoms with Crippen molar-refractivity contribution in [2.45, 2.75) is 12.7 Å². The lowest BCUT2D eigenvalue weighted by Gasteiger charge is -2.07. The number of nitro groups is 1. The number of benzene rings is 2. The zero-order valence-electron chi connectivity index (χ0n) is 13.1. The fourth-order valence-corrected chi connectivity index (χ4v) is 3.13. The minimum Gasteiger partial charge on any atom is -0.351 e. The van der Waals surface area contributed by atoms with Crippen molar-refractivity contribution in [2.24, 2.45) is 0 Å². The van der Waals surface area contributed by atoms with E-state index in [0.29, 0.717) is 6.54 Å². The monoisotopic (exact) mass is 364 g/mol. The van der Waals surface area contributed by atoms with Gasteiger partial charge in [-0.2, -0.15) is 11.8 Å². The topological polar surface area (TPSA) is 72.2 Å². The Labute approximate surface area is 149 Å². The Morgan fingerprint density at radius 2 is 2.08 bits per heavy atom. The summed E-state index contributed by atoms with van der Waals surface area (Å²) in [5.74, 6) is 1.21. The minimum absolute atomic E-state index is 0.120. The largest absolute Gasteiger partial charge is 0.351 e. The summed E-state index contributed by atoms with van der Waals surface area (Å²) >= 11 is 7.65. The zero-order chi connectivity index (χ0) is 17.5. The number of rotatable bonds is 7. The number of non-ortho nitro benzene ring substituents is 1. The normalized spacial score (nSPS) is 10.4. The van der Waals surface area contributed by atoms with Crippen LogP contribution in [0, 0.1) is 17.0 Å². The SMILES string of the molecule is Cc1cccc(CSCCNC(=O)c2cc([N+](=O)[O-])ccc2Cl)c1. The molecule has 0 heterocycles. The summed E-state index contributed by atoms with van der Waals surface area (Å²) < 4.78 is 0. The van der Waals surface area contributed by atoms with Gasteiger partial charge in [0.2, 0.25) is 0 Å². The molecule has 0 unspecified atom stereocenters. The van der Waals surface area contributed by atoms with E-state index in [9.17, 15) is 14.9 Å². The third-order valence-corrected chi connectivity index (χ3v) is 4.65. The number of hydrogen-bond donors (Lipinski definition) is 1. The van der Waals surface area contributed by atoms with E-state index in [2.05, 4.69) is 30.4 Å². The molecule has 2 aromatic carbocycles. The highest BCUT2D eigenvalue weighted by Crippen LogP contribution is 2.22. The smallest absolute Gasteiger partial charge is 0.270 e. The van der Waals surface area contributed by atoms with Crippen molar-refractivity contribution in [3.8, 4) is 0 Å². The second-order valence-electron chi connectivity index (χ2n) is 5.22. The second-order valence-corrected chi connectivity index (χ2v) is 6.73. The number of carbonyl (C=O) groups is 1. The van der Waals surface area contributed by atoms with Crippen LogP contribution in [0.4, 0.5) is 5.69 Å². The maximum atomic E-state index is 12.1. The van der Waals surface area contributed by atoms with E-state index in [0.717, 1.165) is 11.5 Å². The number of carbonyl (C=O) groups excluding carboxylic acids is 1. The molecule has 1 amide bonds. The minimum atomic E-state index is -0.551. The van der Waals surface area contributed by atoms with E-state index in [1.807, 2.05) is 6.07 Å². The second kappa shape index (κ2) is 8.70. The number of halogens is 1. The maximum Gasteiger partial charge on any atom is 0.270 e. The van der Waals surface area contributed by atoms with Crippen LogP contribution in [-0.2, 0) is 5.75 Å². The van der Waals surface area contributed by atoms with Crippen LogP contribution in [0.2, 0.25) is 5.02 Å². The summed E-state index contributed by atoms with van der Waals surface area (Å²) in [6, 6.07) is 12.1. The van der Waals surface area contributed by atoms with Gasteiger partial charge in [-0.1, -0.05) is 41.4 Å². The molecule has 0 radical (unpaired) electrons. The molecule has 2 rings (SSSR count). The maximum absolute atomic E-state index is 12.1. The average Bonchev–Trinajstić information content (AvgIpc) is 2.54. The number of nitrogens with zero attached hydrogens (tertiary/aromatic N) is 1. The van der Waals surface area contributed by atoms with E-state index in [4.69, 9.17) is 11.6 Å². The molecule has 0 saturated carbocycles. The highest BCUT2D eigenvalue weighted by atomic mass is 35.5. The van der Waals surface area contributed by atoms with Gasteiger partial charge in [-0.25, -0.2) is 0 Å². The summed E-state index contributed by atoms with van der Waals surface area (Å²) in [6.45, 7) is 2.52. The van der Waals surface area contributed by atoms with Crippen molar-refractivity contribution in [3.63, 3.8) is 0 Å². The molecule has 0 aliphatic carbocycles. The number of aryl methyl sites for hydroxylation is 1. The van der Waals surface area contributed by atoms with Gasteiger partial charge in [-0.3, -0.25) is 14.9 Å². The number of nitro benzene ring substituents is 1. The van der Waals surface area contributed by atoms with Gasteiger partial charge in [-0.15, -0.1) is 0 Å². The Hall–Kier alpha value is -2.05. The van der Waals surface area contributed by atoms with Crippen LogP contribution in [-0.4, -0.2) is 23.1 Å². The molecule has 0 fully saturated rings. The van der Waals surface area contributed by atoms with Gasteiger partial charge in [0.25, 0.3) is 11.6 Å². The van der Waals surface area contributed by atoms with Crippen LogP contribution >= 0.6 is 23.4 Å². The van der Waals surface area contributed by atoms with Gasteiger partial charge in [-0.05, 0) is 18.6 Å². The van der Waals surface area contributed by atoms with E-state index in [-0.39, 0.29) is 16.3 Å². The average molecular weight is 365 g/mol. The Morgan fingerprint density at radius 3 is 2.79 bits per heavy atom. The number of thioether (sulfide) groups is 1. The lowest BCUT2D eigenvalue weighted by molar-refractivity contribution is -0.384. The van der Waals surface area contributed by atoms with Crippen LogP contribution in [0.1, 0.15) is 21.5 Å². The molecular weight excluding hydrogens is 348 g/mol. The first-order chi connectivity index (χ1) is 11.5. The first-order valence-corrected chi connectivity index (χ1v) is 8.86. The van der Waals surface area contributed by atoms with E-state index < -0.39 is 10.8 Å². The molecule has 24 heavy (non-hydrogen) atoms. The Bertz CT molecular complexity index is 752. The molecule has 0 aliphatic rings. The molecular formula is C17H17ClN2O3S. The van der Waals surface area contributed by atoms with Crippen LogP contribution in [0.25, 0.3) is 0 Å². The molecule has 0 saturated heterocycles.